The SMILES string of the molecule is CCc1ccc(C2CNCCN2C(=O)CC(F)(F)F)cc1.Cl. The molecule has 0 saturated carbocycles. The van der Waals surface area contributed by atoms with Crippen LogP contribution in [-0.4, -0.2) is 36.6 Å². The Morgan fingerprint density at radius 3 is 2.50 bits per heavy atom. The van der Waals surface area contributed by atoms with Crippen LogP contribution >= 0.6 is 12.4 Å². The van der Waals surface area contributed by atoms with Gasteiger partial charge in [-0.1, -0.05) is 31.2 Å². The van der Waals surface area contributed by atoms with Gasteiger partial charge in [0.1, 0.15) is 6.42 Å². The van der Waals surface area contributed by atoms with Crippen LogP contribution in [0.15, 0.2) is 24.3 Å². The molecule has 1 heterocycles. The first-order valence-corrected chi connectivity index (χ1v) is 7.06. The van der Waals surface area contributed by atoms with E-state index in [1.807, 2.05) is 31.2 Å². The molecule has 124 valence electrons. The van der Waals surface area contributed by atoms with Crippen molar-refractivity contribution in [2.75, 3.05) is 19.6 Å². The molecule has 1 atom stereocenters. The number of carbonyl (C=O) groups excluding carboxylic acids is 1. The smallest absolute Gasteiger partial charge is 0.333 e. The predicted octanol–water partition coefficient (Wildman–Crippen LogP) is 3.10. The van der Waals surface area contributed by atoms with E-state index in [1.54, 1.807) is 0 Å². The van der Waals surface area contributed by atoms with Crippen molar-refractivity contribution in [2.24, 2.45) is 0 Å². The maximum Gasteiger partial charge on any atom is 0.397 e. The number of nitrogens with one attached hydrogen (secondary N) is 1. The van der Waals surface area contributed by atoms with Gasteiger partial charge in [0.05, 0.1) is 6.04 Å². The van der Waals surface area contributed by atoms with Crippen molar-refractivity contribution in [3.8, 4) is 0 Å². The first kappa shape index (κ1) is 18.8. The van der Waals surface area contributed by atoms with Crippen LogP contribution in [0.4, 0.5) is 13.2 Å². The number of piperazine rings is 1. The number of rotatable bonds is 3. The minimum atomic E-state index is -4.46. The lowest BCUT2D eigenvalue weighted by molar-refractivity contribution is -0.163. The first-order chi connectivity index (χ1) is 9.90. The van der Waals surface area contributed by atoms with E-state index in [-0.39, 0.29) is 18.4 Å². The third-order valence-corrected chi connectivity index (χ3v) is 3.69. The van der Waals surface area contributed by atoms with Crippen molar-refractivity contribution >= 4 is 18.3 Å². The molecule has 1 unspecified atom stereocenters. The third kappa shape index (κ3) is 4.88. The fourth-order valence-electron chi connectivity index (χ4n) is 2.55. The van der Waals surface area contributed by atoms with Gasteiger partial charge in [0.2, 0.25) is 5.91 Å². The molecule has 1 fully saturated rings. The normalized spacial score (nSPS) is 18.7. The summed E-state index contributed by atoms with van der Waals surface area (Å²) >= 11 is 0. The summed E-state index contributed by atoms with van der Waals surface area (Å²) in [6, 6.07) is 7.36. The molecular weight excluding hydrogens is 317 g/mol. The molecule has 0 bridgehead atoms. The summed E-state index contributed by atoms with van der Waals surface area (Å²) in [7, 11) is 0. The van der Waals surface area contributed by atoms with E-state index < -0.39 is 18.5 Å². The number of benzene rings is 1. The molecule has 0 radical (unpaired) electrons. The maximum absolute atomic E-state index is 12.4. The number of hydrogen-bond acceptors (Lipinski definition) is 2. The molecule has 1 amide bonds. The van der Waals surface area contributed by atoms with Crippen LogP contribution in [0.25, 0.3) is 0 Å². The average Bonchev–Trinajstić information content (AvgIpc) is 2.45. The second-order valence-corrected chi connectivity index (χ2v) is 5.19. The number of halogens is 4. The van der Waals surface area contributed by atoms with Crippen molar-refractivity contribution in [3.05, 3.63) is 35.4 Å². The van der Waals surface area contributed by atoms with Gasteiger partial charge in [-0.25, -0.2) is 0 Å². The maximum atomic E-state index is 12.4. The lowest BCUT2D eigenvalue weighted by Crippen LogP contribution is -2.49. The fourth-order valence-corrected chi connectivity index (χ4v) is 2.55. The van der Waals surface area contributed by atoms with Crippen LogP contribution in [0.5, 0.6) is 0 Å². The van der Waals surface area contributed by atoms with E-state index in [1.165, 1.54) is 4.90 Å². The highest BCUT2D eigenvalue weighted by Crippen LogP contribution is 2.27. The van der Waals surface area contributed by atoms with Crippen LogP contribution in [-0.2, 0) is 11.2 Å². The highest BCUT2D eigenvalue weighted by Gasteiger charge is 2.36. The topological polar surface area (TPSA) is 32.3 Å². The van der Waals surface area contributed by atoms with E-state index in [4.69, 9.17) is 0 Å². The van der Waals surface area contributed by atoms with Gasteiger partial charge in [-0.15, -0.1) is 12.4 Å². The lowest BCUT2D eigenvalue weighted by Gasteiger charge is -2.37. The molecule has 1 N–H and O–H groups in total. The van der Waals surface area contributed by atoms with Crippen LogP contribution in [0.1, 0.15) is 30.5 Å². The molecular formula is C15H20ClF3N2O. The second-order valence-electron chi connectivity index (χ2n) is 5.19. The molecule has 0 spiro atoms. The molecule has 0 aromatic heterocycles. The van der Waals surface area contributed by atoms with Gasteiger partial charge >= 0.3 is 6.18 Å². The Balaban J connectivity index is 0.00000242. The first-order valence-electron chi connectivity index (χ1n) is 7.06. The summed E-state index contributed by atoms with van der Waals surface area (Å²) < 4.78 is 37.3. The summed E-state index contributed by atoms with van der Waals surface area (Å²) in [6.07, 6.45) is -4.95. The Hall–Kier alpha value is -1.27. The molecule has 1 aromatic rings. The quantitative estimate of drug-likeness (QED) is 0.920. The number of carbonyl (C=O) groups is 1. The Kier molecular flexibility index (Phi) is 6.68. The van der Waals surface area contributed by atoms with E-state index in [0.29, 0.717) is 19.6 Å². The molecule has 22 heavy (non-hydrogen) atoms. The highest BCUT2D eigenvalue weighted by atomic mass is 35.5. The third-order valence-electron chi connectivity index (χ3n) is 3.69. The summed E-state index contributed by atoms with van der Waals surface area (Å²) in [4.78, 5) is 13.2. The van der Waals surface area contributed by atoms with Crippen molar-refractivity contribution in [2.45, 2.75) is 32.0 Å². The standard InChI is InChI=1S/C15H19F3N2O.ClH/c1-2-11-3-5-12(6-4-11)13-10-19-7-8-20(13)14(21)9-15(16,17)18;/h3-6,13,19H,2,7-10H2,1H3;1H. The molecule has 3 nitrogen and oxygen atoms in total. The van der Waals surface area contributed by atoms with E-state index in [0.717, 1.165) is 17.5 Å². The number of amides is 1. The average molecular weight is 337 g/mol. The van der Waals surface area contributed by atoms with Crippen molar-refractivity contribution in [1.29, 1.82) is 0 Å². The van der Waals surface area contributed by atoms with E-state index in [9.17, 15) is 18.0 Å². The minimum Gasteiger partial charge on any atom is -0.333 e. The summed E-state index contributed by atoms with van der Waals surface area (Å²) in [5.41, 5.74) is 2.03. The molecule has 1 aliphatic heterocycles. The molecule has 7 heteroatoms. The second kappa shape index (κ2) is 7.83. The zero-order valence-corrected chi connectivity index (χ0v) is 13.1. The van der Waals surface area contributed by atoms with Crippen LogP contribution in [0, 0.1) is 0 Å². The van der Waals surface area contributed by atoms with Crippen LogP contribution < -0.4 is 5.32 Å². The number of hydrogen-bond donors (Lipinski definition) is 1. The van der Waals surface area contributed by atoms with Crippen LogP contribution in [0.3, 0.4) is 0 Å². The summed E-state index contributed by atoms with van der Waals surface area (Å²) in [6.45, 7) is 3.34. The summed E-state index contributed by atoms with van der Waals surface area (Å²) in [5.74, 6) is -0.853. The summed E-state index contributed by atoms with van der Waals surface area (Å²) in [5, 5.41) is 3.13. The lowest BCUT2D eigenvalue weighted by atomic mass is 10.0. The van der Waals surface area contributed by atoms with Gasteiger partial charge in [0, 0.05) is 19.6 Å². The Morgan fingerprint density at radius 1 is 1.32 bits per heavy atom. The Labute approximate surface area is 134 Å². The highest BCUT2D eigenvalue weighted by molar-refractivity contribution is 5.85. The van der Waals surface area contributed by atoms with Crippen LogP contribution in [0.2, 0.25) is 0 Å². The zero-order valence-electron chi connectivity index (χ0n) is 12.3. The van der Waals surface area contributed by atoms with Gasteiger partial charge in [-0.2, -0.15) is 13.2 Å². The van der Waals surface area contributed by atoms with E-state index >= 15 is 0 Å². The molecule has 0 aliphatic carbocycles. The Morgan fingerprint density at radius 2 is 1.95 bits per heavy atom. The fraction of sp³-hybridized carbons (Fsp3) is 0.533. The number of alkyl halides is 3. The molecule has 1 saturated heterocycles. The van der Waals surface area contributed by atoms with Gasteiger partial charge < -0.3 is 10.2 Å². The Bertz CT molecular complexity index is 491. The predicted molar refractivity (Wildman–Crippen MR) is 81.1 cm³/mol. The van der Waals surface area contributed by atoms with Crippen molar-refractivity contribution in [1.82, 2.24) is 10.2 Å². The molecule has 1 aliphatic rings. The monoisotopic (exact) mass is 336 g/mol. The van der Waals surface area contributed by atoms with Gasteiger partial charge in [0.15, 0.2) is 0 Å². The van der Waals surface area contributed by atoms with Gasteiger partial charge in [0.25, 0.3) is 0 Å². The number of aryl methyl sites for hydroxylation is 1. The van der Waals surface area contributed by atoms with Crippen molar-refractivity contribution < 1.29 is 18.0 Å². The zero-order chi connectivity index (χ0) is 15.5. The van der Waals surface area contributed by atoms with Gasteiger partial charge in [-0.3, -0.25) is 4.79 Å². The number of nitrogens with zero attached hydrogens (tertiary/aromatic N) is 1. The minimum absolute atomic E-state index is 0. The van der Waals surface area contributed by atoms with Crippen molar-refractivity contribution in [3.63, 3.8) is 0 Å². The largest absolute Gasteiger partial charge is 0.397 e. The molecule has 2 rings (SSSR count). The van der Waals surface area contributed by atoms with Gasteiger partial charge in [-0.05, 0) is 17.5 Å². The van der Waals surface area contributed by atoms with E-state index in [2.05, 4.69) is 5.32 Å². The molecule has 1 aromatic carbocycles.